The molecule has 0 radical (unpaired) electrons. The van der Waals surface area contributed by atoms with Crippen molar-refractivity contribution >= 4 is 17.2 Å². The first-order chi connectivity index (χ1) is 10.5. The van der Waals surface area contributed by atoms with Gasteiger partial charge in [0.15, 0.2) is 0 Å². The highest BCUT2D eigenvalue weighted by molar-refractivity contribution is 7.15. The molecule has 1 aromatic carbocycles. The van der Waals surface area contributed by atoms with E-state index in [-0.39, 0.29) is 5.91 Å². The van der Waals surface area contributed by atoms with Crippen LogP contribution in [0, 0.1) is 12.8 Å². The van der Waals surface area contributed by atoms with Gasteiger partial charge in [0.1, 0.15) is 5.01 Å². The van der Waals surface area contributed by atoms with Gasteiger partial charge >= 0.3 is 0 Å². The van der Waals surface area contributed by atoms with Crippen LogP contribution in [0.2, 0.25) is 0 Å². The molecule has 0 fully saturated rings. The van der Waals surface area contributed by atoms with Crippen molar-refractivity contribution in [3.63, 3.8) is 0 Å². The minimum absolute atomic E-state index is 0.0947. The predicted octanol–water partition coefficient (Wildman–Crippen LogP) is 3.11. The van der Waals surface area contributed by atoms with E-state index in [9.17, 15) is 4.79 Å². The number of thiazole rings is 1. The molecule has 22 heavy (non-hydrogen) atoms. The molecule has 1 heterocycles. The second-order valence-corrected chi connectivity index (χ2v) is 6.93. The van der Waals surface area contributed by atoms with Crippen LogP contribution in [-0.4, -0.2) is 16.9 Å². The number of aromatic nitrogens is 1. The van der Waals surface area contributed by atoms with Gasteiger partial charge in [-0.15, -0.1) is 11.3 Å². The quantitative estimate of drug-likeness (QED) is 0.860. The average Bonchev–Trinajstić information content (AvgIpc) is 2.86. The highest BCUT2D eigenvalue weighted by Crippen LogP contribution is 2.27. The molecule has 0 bridgehead atoms. The smallest absolute Gasteiger partial charge is 0.237 e. The van der Waals surface area contributed by atoms with Crippen LogP contribution in [0.4, 0.5) is 0 Å². The zero-order valence-corrected chi connectivity index (χ0v) is 14.1. The Morgan fingerprint density at radius 1 is 1.32 bits per heavy atom. The van der Waals surface area contributed by atoms with Crippen molar-refractivity contribution in [2.45, 2.75) is 39.8 Å². The fourth-order valence-corrected chi connectivity index (χ4v) is 3.22. The Morgan fingerprint density at radius 3 is 2.64 bits per heavy atom. The lowest BCUT2D eigenvalue weighted by Gasteiger charge is -2.13. The summed E-state index contributed by atoms with van der Waals surface area (Å²) in [5.74, 6) is 0.318. The molecule has 5 heteroatoms. The number of nitrogens with zero attached hydrogens (tertiary/aromatic N) is 1. The molecule has 1 amide bonds. The monoisotopic (exact) mass is 317 g/mol. The first-order valence-electron chi connectivity index (χ1n) is 7.52. The van der Waals surface area contributed by atoms with Crippen LogP contribution >= 0.6 is 11.3 Å². The third kappa shape index (κ3) is 4.39. The van der Waals surface area contributed by atoms with Gasteiger partial charge in [-0.3, -0.25) is 4.79 Å². The van der Waals surface area contributed by atoms with Crippen LogP contribution in [0.15, 0.2) is 30.3 Å². The average molecular weight is 317 g/mol. The molecule has 0 saturated carbocycles. The van der Waals surface area contributed by atoms with E-state index in [0.717, 1.165) is 21.1 Å². The van der Waals surface area contributed by atoms with Crippen molar-refractivity contribution in [2.75, 3.05) is 0 Å². The van der Waals surface area contributed by atoms with Gasteiger partial charge in [0, 0.05) is 10.4 Å². The topological polar surface area (TPSA) is 68.0 Å². The lowest BCUT2D eigenvalue weighted by Crippen LogP contribution is -2.40. The summed E-state index contributed by atoms with van der Waals surface area (Å²) in [4.78, 5) is 17.6. The summed E-state index contributed by atoms with van der Waals surface area (Å²) < 4.78 is 0. The van der Waals surface area contributed by atoms with E-state index in [4.69, 9.17) is 5.73 Å². The summed E-state index contributed by atoms with van der Waals surface area (Å²) in [7, 11) is 0. The molecule has 0 spiro atoms. The number of aryl methyl sites for hydroxylation is 1. The maximum Gasteiger partial charge on any atom is 0.237 e. The van der Waals surface area contributed by atoms with Gasteiger partial charge in [-0.2, -0.15) is 0 Å². The molecule has 2 rings (SSSR count). The van der Waals surface area contributed by atoms with Crippen molar-refractivity contribution in [1.82, 2.24) is 10.3 Å². The van der Waals surface area contributed by atoms with Gasteiger partial charge < -0.3 is 11.1 Å². The zero-order chi connectivity index (χ0) is 16.1. The minimum Gasteiger partial charge on any atom is -0.350 e. The maximum absolute atomic E-state index is 12.0. The third-order valence-electron chi connectivity index (χ3n) is 3.40. The molecule has 0 aliphatic heterocycles. The number of hydrogen-bond donors (Lipinski definition) is 2. The Kier molecular flexibility index (Phi) is 5.69. The first-order valence-corrected chi connectivity index (χ1v) is 8.34. The fourth-order valence-electron chi connectivity index (χ4n) is 2.21. The first kappa shape index (κ1) is 16.6. The van der Waals surface area contributed by atoms with Crippen molar-refractivity contribution in [2.24, 2.45) is 11.7 Å². The van der Waals surface area contributed by atoms with Crippen LogP contribution in [0.5, 0.6) is 0 Å². The van der Waals surface area contributed by atoms with Crippen LogP contribution in [0.25, 0.3) is 10.6 Å². The third-order valence-corrected chi connectivity index (χ3v) is 4.61. The van der Waals surface area contributed by atoms with Gasteiger partial charge in [0.2, 0.25) is 5.91 Å². The molecule has 2 aromatic rings. The Bertz CT molecular complexity index is 622. The van der Waals surface area contributed by atoms with E-state index in [1.807, 2.05) is 37.3 Å². The summed E-state index contributed by atoms with van der Waals surface area (Å²) >= 11 is 1.61. The zero-order valence-electron chi connectivity index (χ0n) is 13.3. The Morgan fingerprint density at radius 2 is 2.00 bits per heavy atom. The molecule has 0 unspecified atom stereocenters. The summed E-state index contributed by atoms with van der Waals surface area (Å²) in [5.41, 5.74) is 7.95. The molecule has 3 N–H and O–H groups in total. The van der Waals surface area contributed by atoms with Crippen molar-refractivity contribution in [1.29, 1.82) is 0 Å². The molecular formula is C17H23N3OS. The SMILES string of the molecule is Cc1nc(-c2ccccc2)sc1CNC(=O)[C@@H](N)CC(C)C. The highest BCUT2D eigenvalue weighted by Gasteiger charge is 2.16. The number of nitrogens with one attached hydrogen (secondary N) is 1. The number of hydrogen-bond acceptors (Lipinski definition) is 4. The van der Waals surface area contributed by atoms with Crippen molar-refractivity contribution in [3.05, 3.63) is 40.9 Å². The molecule has 1 aromatic heterocycles. The molecule has 118 valence electrons. The van der Waals surface area contributed by atoms with E-state index in [1.165, 1.54) is 0 Å². The second kappa shape index (κ2) is 7.51. The van der Waals surface area contributed by atoms with E-state index < -0.39 is 6.04 Å². The molecule has 0 saturated heterocycles. The van der Waals surface area contributed by atoms with Crippen molar-refractivity contribution in [3.8, 4) is 10.6 Å². The number of amides is 1. The Hall–Kier alpha value is -1.72. The van der Waals surface area contributed by atoms with Crippen LogP contribution in [0.3, 0.4) is 0 Å². The fraction of sp³-hybridized carbons (Fsp3) is 0.412. The van der Waals surface area contributed by atoms with Crippen LogP contribution < -0.4 is 11.1 Å². The van der Waals surface area contributed by atoms with Crippen LogP contribution in [0.1, 0.15) is 30.8 Å². The largest absolute Gasteiger partial charge is 0.350 e. The summed E-state index contributed by atoms with van der Waals surface area (Å²) in [5, 5.41) is 3.90. The van der Waals surface area contributed by atoms with E-state index in [2.05, 4.69) is 24.1 Å². The van der Waals surface area contributed by atoms with Crippen LogP contribution in [-0.2, 0) is 11.3 Å². The molecule has 0 aliphatic carbocycles. The van der Waals surface area contributed by atoms with E-state index >= 15 is 0 Å². The number of nitrogens with two attached hydrogens (primary N) is 1. The van der Waals surface area contributed by atoms with Gasteiger partial charge in [0.25, 0.3) is 0 Å². The Balaban J connectivity index is 1.99. The van der Waals surface area contributed by atoms with E-state index in [0.29, 0.717) is 18.9 Å². The standard InChI is InChI=1S/C17H23N3OS/c1-11(2)9-14(18)16(21)19-10-15-12(3)20-17(22-15)13-7-5-4-6-8-13/h4-8,11,14H,9-10,18H2,1-3H3,(H,19,21)/t14-/m0/s1. The number of carbonyl (C=O) groups excluding carboxylic acids is 1. The van der Waals surface area contributed by atoms with E-state index in [1.54, 1.807) is 11.3 Å². The van der Waals surface area contributed by atoms with Gasteiger partial charge in [0.05, 0.1) is 18.3 Å². The number of benzene rings is 1. The van der Waals surface area contributed by atoms with Gasteiger partial charge in [-0.05, 0) is 19.3 Å². The number of rotatable bonds is 6. The van der Waals surface area contributed by atoms with Crippen molar-refractivity contribution < 1.29 is 4.79 Å². The summed E-state index contributed by atoms with van der Waals surface area (Å²) in [6.07, 6.45) is 0.697. The maximum atomic E-state index is 12.0. The minimum atomic E-state index is -0.443. The number of carbonyl (C=O) groups is 1. The summed E-state index contributed by atoms with van der Waals surface area (Å²) in [6.45, 7) is 6.58. The molecule has 4 nitrogen and oxygen atoms in total. The van der Waals surface area contributed by atoms with Gasteiger partial charge in [-0.1, -0.05) is 44.2 Å². The predicted molar refractivity (Wildman–Crippen MR) is 91.6 cm³/mol. The lowest BCUT2D eigenvalue weighted by molar-refractivity contribution is -0.122. The second-order valence-electron chi connectivity index (χ2n) is 5.85. The van der Waals surface area contributed by atoms with Gasteiger partial charge in [-0.25, -0.2) is 4.98 Å². The summed E-state index contributed by atoms with van der Waals surface area (Å²) in [6, 6.07) is 9.62. The Labute approximate surface area is 135 Å². The normalized spacial score (nSPS) is 12.4. The molecular weight excluding hydrogens is 294 g/mol. The molecule has 0 aliphatic rings. The highest BCUT2D eigenvalue weighted by atomic mass is 32.1. The lowest BCUT2D eigenvalue weighted by atomic mass is 10.0. The molecule has 1 atom stereocenters.